The lowest BCUT2D eigenvalue weighted by Gasteiger charge is -2.18. The number of rotatable bonds is 7. The van der Waals surface area contributed by atoms with Crippen molar-refractivity contribution >= 4 is 15.9 Å². The van der Waals surface area contributed by atoms with Gasteiger partial charge in [-0.1, -0.05) is 20.3 Å². The Hall–Kier alpha value is -2.26. The standard InChI is InChI=1S/C19H27N5O3S/c1-3-23(4-2)28(26,27)16-11-9-15(10-12-16)19(25)20-14-18-22-21-17-8-6-5-7-13-24(17)18/h9-12H,3-8,13-14H2,1-2H3,(H,20,25). The monoisotopic (exact) mass is 405 g/mol. The van der Waals surface area contributed by atoms with Crippen molar-refractivity contribution in [1.82, 2.24) is 24.4 Å². The molecule has 3 rings (SSSR count). The predicted octanol–water partition coefficient (Wildman–Crippen LogP) is 1.96. The van der Waals surface area contributed by atoms with E-state index in [-0.39, 0.29) is 10.8 Å². The summed E-state index contributed by atoms with van der Waals surface area (Å²) < 4.78 is 28.5. The van der Waals surface area contributed by atoms with Crippen molar-refractivity contribution in [1.29, 1.82) is 0 Å². The van der Waals surface area contributed by atoms with Gasteiger partial charge in [0.05, 0.1) is 11.4 Å². The number of hydrogen-bond donors (Lipinski definition) is 1. The molecule has 0 atom stereocenters. The molecule has 0 radical (unpaired) electrons. The zero-order valence-electron chi connectivity index (χ0n) is 16.4. The highest BCUT2D eigenvalue weighted by atomic mass is 32.2. The van der Waals surface area contributed by atoms with Gasteiger partial charge in [0.25, 0.3) is 5.91 Å². The summed E-state index contributed by atoms with van der Waals surface area (Å²) in [5.74, 6) is 1.47. The van der Waals surface area contributed by atoms with Crippen LogP contribution in [-0.4, -0.2) is 46.5 Å². The maximum Gasteiger partial charge on any atom is 0.251 e. The molecule has 9 heteroatoms. The number of nitrogens with zero attached hydrogens (tertiary/aromatic N) is 4. The first-order valence-corrected chi connectivity index (χ1v) is 11.2. The molecular weight excluding hydrogens is 378 g/mol. The molecule has 0 saturated heterocycles. The van der Waals surface area contributed by atoms with Gasteiger partial charge in [0.15, 0.2) is 5.82 Å². The molecule has 2 aromatic rings. The number of fused-ring (bicyclic) bond motifs is 1. The smallest absolute Gasteiger partial charge is 0.251 e. The zero-order chi connectivity index (χ0) is 20.1. The molecule has 2 heterocycles. The summed E-state index contributed by atoms with van der Waals surface area (Å²) in [7, 11) is -3.53. The van der Waals surface area contributed by atoms with E-state index in [1.807, 2.05) is 0 Å². The van der Waals surface area contributed by atoms with Crippen LogP contribution in [-0.2, 0) is 29.5 Å². The first kappa shape index (κ1) is 20.5. The average Bonchev–Trinajstić information content (AvgIpc) is 2.93. The molecule has 8 nitrogen and oxygen atoms in total. The van der Waals surface area contributed by atoms with Gasteiger partial charge in [-0.2, -0.15) is 4.31 Å². The van der Waals surface area contributed by atoms with E-state index in [0.29, 0.717) is 25.2 Å². The first-order valence-electron chi connectivity index (χ1n) is 9.76. The number of aromatic nitrogens is 3. The van der Waals surface area contributed by atoms with Gasteiger partial charge in [-0.3, -0.25) is 4.79 Å². The van der Waals surface area contributed by atoms with Crippen molar-refractivity contribution in [2.45, 2.75) is 57.5 Å². The molecule has 1 aromatic heterocycles. The van der Waals surface area contributed by atoms with Crippen molar-refractivity contribution < 1.29 is 13.2 Å². The molecule has 28 heavy (non-hydrogen) atoms. The molecule has 1 N–H and O–H groups in total. The Labute approximate surface area is 166 Å². The van der Waals surface area contributed by atoms with Crippen molar-refractivity contribution in [2.75, 3.05) is 13.1 Å². The molecule has 0 spiro atoms. The highest BCUT2D eigenvalue weighted by Gasteiger charge is 2.22. The van der Waals surface area contributed by atoms with Crippen LogP contribution in [0.3, 0.4) is 0 Å². The summed E-state index contributed by atoms with van der Waals surface area (Å²) in [6, 6.07) is 6.03. The summed E-state index contributed by atoms with van der Waals surface area (Å²) in [5, 5.41) is 11.3. The second-order valence-corrected chi connectivity index (χ2v) is 8.73. The molecule has 0 aliphatic carbocycles. The summed E-state index contributed by atoms with van der Waals surface area (Å²) in [6.45, 7) is 5.59. The number of amides is 1. The summed E-state index contributed by atoms with van der Waals surface area (Å²) >= 11 is 0. The Bertz CT molecular complexity index is 918. The largest absolute Gasteiger partial charge is 0.345 e. The van der Waals surface area contributed by atoms with Crippen molar-refractivity contribution in [2.24, 2.45) is 0 Å². The maximum atomic E-state index is 12.5. The molecule has 1 amide bonds. The van der Waals surface area contributed by atoms with Gasteiger partial charge >= 0.3 is 0 Å². The number of benzene rings is 1. The fourth-order valence-corrected chi connectivity index (χ4v) is 4.89. The number of sulfonamides is 1. The van der Waals surface area contributed by atoms with Crippen LogP contribution in [0.4, 0.5) is 0 Å². The van der Waals surface area contributed by atoms with Gasteiger partial charge in [-0.05, 0) is 37.1 Å². The van der Waals surface area contributed by atoms with Crippen LogP contribution in [0, 0.1) is 0 Å². The molecule has 0 bridgehead atoms. The van der Waals surface area contributed by atoms with Gasteiger partial charge in [0.1, 0.15) is 5.82 Å². The number of nitrogens with one attached hydrogen (secondary N) is 1. The highest BCUT2D eigenvalue weighted by Crippen LogP contribution is 2.17. The number of carbonyl (C=O) groups excluding carboxylic acids is 1. The van der Waals surface area contributed by atoms with E-state index in [4.69, 9.17) is 0 Å². The minimum Gasteiger partial charge on any atom is -0.345 e. The molecule has 1 aromatic carbocycles. The molecule has 0 unspecified atom stereocenters. The third kappa shape index (κ3) is 4.25. The van der Waals surface area contributed by atoms with Gasteiger partial charge in [-0.25, -0.2) is 8.42 Å². The summed E-state index contributed by atoms with van der Waals surface area (Å²) in [6.07, 6.45) is 4.31. The molecular formula is C19H27N5O3S. The molecule has 152 valence electrons. The fourth-order valence-electron chi connectivity index (χ4n) is 3.43. The lowest BCUT2D eigenvalue weighted by Crippen LogP contribution is -2.30. The molecule has 1 aliphatic rings. The van der Waals surface area contributed by atoms with Crippen LogP contribution >= 0.6 is 0 Å². The van der Waals surface area contributed by atoms with E-state index < -0.39 is 10.0 Å². The number of aryl methyl sites for hydroxylation is 1. The van der Waals surface area contributed by atoms with Crippen LogP contribution in [0.5, 0.6) is 0 Å². The lowest BCUT2D eigenvalue weighted by molar-refractivity contribution is 0.0949. The van der Waals surface area contributed by atoms with Crippen molar-refractivity contribution in [3.63, 3.8) is 0 Å². The van der Waals surface area contributed by atoms with E-state index in [1.54, 1.807) is 13.8 Å². The predicted molar refractivity (Wildman–Crippen MR) is 105 cm³/mol. The topological polar surface area (TPSA) is 97.2 Å². The normalized spacial score (nSPS) is 14.5. The van der Waals surface area contributed by atoms with Crippen molar-refractivity contribution in [3.8, 4) is 0 Å². The minimum atomic E-state index is -3.53. The molecule has 1 aliphatic heterocycles. The van der Waals surface area contributed by atoms with E-state index in [2.05, 4.69) is 20.1 Å². The minimum absolute atomic E-state index is 0.190. The second kappa shape index (κ2) is 8.83. The van der Waals surface area contributed by atoms with Crippen LogP contribution in [0.2, 0.25) is 0 Å². The maximum absolute atomic E-state index is 12.5. The summed E-state index contributed by atoms with van der Waals surface area (Å²) in [5.41, 5.74) is 0.411. The van der Waals surface area contributed by atoms with Crippen LogP contribution in [0.25, 0.3) is 0 Å². The zero-order valence-corrected chi connectivity index (χ0v) is 17.2. The SMILES string of the molecule is CCN(CC)S(=O)(=O)c1ccc(C(=O)NCc2nnc3n2CCCCC3)cc1. The van der Waals surface area contributed by atoms with Gasteiger partial charge in [-0.15, -0.1) is 10.2 Å². The van der Waals surface area contributed by atoms with Crippen LogP contribution in [0.1, 0.15) is 55.1 Å². The van der Waals surface area contributed by atoms with Crippen LogP contribution < -0.4 is 5.32 Å². The van der Waals surface area contributed by atoms with Gasteiger partial charge < -0.3 is 9.88 Å². The molecule has 0 fully saturated rings. The highest BCUT2D eigenvalue weighted by molar-refractivity contribution is 7.89. The third-order valence-electron chi connectivity index (χ3n) is 5.05. The Morgan fingerprint density at radius 2 is 1.82 bits per heavy atom. The number of carbonyl (C=O) groups is 1. The van der Waals surface area contributed by atoms with E-state index >= 15 is 0 Å². The van der Waals surface area contributed by atoms with E-state index in [0.717, 1.165) is 37.5 Å². The van der Waals surface area contributed by atoms with Crippen LogP contribution in [0.15, 0.2) is 29.2 Å². The van der Waals surface area contributed by atoms with E-state index in [1.165, 1.54) is 35.0 Å². The van der Waals surface area contributed by atoms with Crippen molar-refractivity contribution in [3.05, 3.63) is 41.5 Å². The lowest BCUT2D eigenvalue weighted by atomic mass is 10.2. The Kier molecular flexibility index (Phi) is 6.46. The quantitative estimate of drug-likeness (QED) is 0.759. The summed E-state index contributed by atoms with van der Waals surface area (Å²) in [4.78, 5) is 12.6. The first-order chi connectivity index (χ1) is 13.5. The molecule has 0 saturated carbocycles. The van der Waals surface area contributed by atoms with Gasteiger partial charge in [0.2, 0.25) is 10.0 Å². The van der Waals surface area contributed by atoms with E-state index in [9.17, 15) is 13.2 Å². The Morgan fingerprint density at radius 1 is 1.11 bits per heavy atom. The Balaban J connectivity index is 1.67. The Morgan fingerprint density at radius 3 is 2.50 bits per heavy atom. The fraction of sp³-hybridized carbons (Fsp3) is 0.526. The average molecular weight is 406 g/mol. The van der Waals surface area contributed by atoms with Gasteiger partial charge in [0, 0.05) is 31.6 Å². The third-order valence-corrected chi connectivity index (χ3v) is 7.12. The number of hydrogen-bond acceptors (Lipinski definition) is 5. The second-order valence-electron chi connectivity index (χ2n) is 6.79.